The molecule has 4 aliphatic rings. The number of rotatable bonds is 4. The van der Waals surface area contributed by atoms with Crippen molar-refractivity contribution in [2.24, 2.45) is 35.0 Å². The minimum Gasteiger partial charge on any atom is -0.413 e. The fourth-order valence-corrected chi connectivity index (χ4v) is 10.5. The van der Waals surface area contributed by atoms with Gasteiger partial charge in [0, 0.05) is 12.3 Å². The van der Waals surface area contributed by atoms with E-state index in [2.05, 4.69) is 93.4 Å². The first-order valence-corrected chi connectivity index (χ1v) is 20.0. The van der Waals surface area contributed by atoms with E-state index in [0.29, 0.717) is 35.5 Å². The highest BCUT2D eigenvalue weighted by Gasteiger charge is 2.74. The van der Waals surface area contributed by atoms with E-state index in [1.807, 2.05) is 6.92 Å². The molecule has 3 nitrogen and oxygen atoms in total. The minimum atomic E-state index is -2.01. The van der Waals surface area contributed by atoms with Gasteiger partial charge in [0.05, 0.1) is 17.3 Å². The lowest BCUT2D eigenvalue weighted by Gasteiger charge is -2.55. The largest absolute Gasteiger partial charge is 0.413 e. The van der Waals surface area contributed by atoms with E-state index in [1.54, 1.807) is 0 Å². The smallest absolute Gasteiger partial charge is 0.192 e. The maximum absolute atomic E-state index is 11.2. The summed E-state index contributed by atoms with van der Waals surface area (Å²) in [6.45, 7) is 30.6. The molecule has 0 aromatic rings. The Morgan fingerprint density at radius 3 is 2.12 bits per heavy atom. The first kappa shape index (κ1) is 26.8. The van der Waals surface area contributed by atoms with Gasteiger partial charge in [0.1, 0.15) is 0 Å². The van der Waals surface area contributed by atoms with Crippen LogP contribution >= 0.6 is 0 Å². The molecule has 4 aliphatic carbocycles. The first-order chi connectivity index (χ1) is 15.1. The normalized spacial score (nSPS) is 43.8. The van der Waals surface area contributed by atoms with Crippen LogP contribution in [0.15, 0.2) is 23.3 Å². The average Bonchev–Trinajstić information content (AvgIpc) is 3.01. The van der Waals surface area contributed by atoms with Gasteiger partial charge in [-0.3, -0.25) is 0 Å². The van der Waals surface area contributed by atoms with Gasteiger partial charge in [-0.05, 0) is 97.4 Å². The van der Waals surface area contributed by atoms with Gasteiger partial charge < -0.3 is 14.0 Å². The Balaban J connectivity index is 1.97. The van der Waals surface area contributed by atoms with Gasteiger partial charge in [0.15, 0.2) is 16.6 Å². The van der Waals surface area contributed by atoms with Gasteiger partial charge in [-0.2, -0.15) is 0 Å². The minimum absolute atomic E-state index is 0.137. The molecular formula is C29H52O3Si2. The molecule has 0 saturated heterocycles. The highest BCUT2D eigenvalue weighted by molar-refractivity contribution is 6.74. The van der Waals surface area contributed by atoms with Crippen LogP contribution < -0.4 is 0 Å². The molecule has 0 radical (unpaired) electrons. The lowest BCUT2D eigenvalue weighted by atomic mass is 9.62. The van der Waals surface area contributed by atoms with Gasteiger partial charge in [0.2, 0.25) is 0 Å². The molecule has 0 bridgehead atoms. The molecule has 1 N–H and O–H groups in total. The van der Waals surface area contributed by atoms with E-state index in [1.165, 1.54) is 17.6 Å². The van der Waals surface area contributed by atoms with Crippen LogP contribution in [-0.4, -0.2) is 39.0 Å². The van der Waals surface area contributed by atoms with Crippen molar-refractivity contribution in [3.8, 4) is 0 Å². The van der Waals surface area contributed by atoms with E-state index >= 15 is 0 Å². The summed E-state index contributed by atoms with van der Waals surface area (Å²) in [5.74, 6) is 2.32. The molecule has 0 aliphatic heterocycles. The van der Waals surface area contributed by atoms with Crippen LogP contribution in [0.4, 0.5) is 0 Å². The van der Waals surface area contributed by atoms with Gasteiger partial charge >= 0.3 is 0 Å². The lowest BCUT2D eigenvalue weighted by Crippen LogP contribution is -2.61. The van der Waals surface area contributed by atoms with Crippen molar-refractivity contribution in [1.29, 1.82) is 0 Å². The third-order valence-electron chi connectivity index (χ3n) is 10.2. The Morgan fingerprint density at radius 2 is 1.59 bits per heavy atom. The second-order valence-corrected chi connectivity index (χ2v) is 24.8. The van der Waals surface area contributed by atoms with Crippen LogP contribution in [0.1, 0.15) is 68.2 Å². The Morgan fingerprint density at radius 1 is 1.00 bits per heavy atom. The van der Waals surface area contributed by atoms with Crippen LogP contribution in [0.5, 0.6) is 0 Å². The zero-order valence-corrected chi connectivity index (χ0v) is 26.3. The Labute approximate surface area is 212 Å². The zero-order chi connectivity index (χ0) is 25.9. The van der Waals surface area contributed by atoms with E-state index in [4.69, 9.17) is 8.85 Å². The highest BCUT2D eigenvalue weighted by Crippen LogP contribution is 2.74. The number of hydrogen-bond donors (Lipinski definition) is 1. The van der Waals surface area contributed by atoms with Gasteiger partial charge in [-0.25, -0.2) is 0 Å². The van der Waals surface area contributed by atoms with Crippen molar-refractivity contribution in [2.45, 2.75) is 123 Å². The Bertz CT molecular complexity index is 901. The molecule has 2 fully saturated rings. The molecule has 5 heteroatoms. The summed E-state index contributed by atoms with van der Waals surface area (Å²) < 4.78 is 14.9. The SMILES string of the molecule is C[C@@H]1C=C2C[C@](C)(O)C=C2[C@]2(O[Si](C)(C)C)[C@@H]([C@@H]1O[Si](C)(C)C(C)(C)C)[C@H]1[C@@H](C[C@H]2C)C1(C)C. The van der Waals surface area contributed by atoms with Crippen LogP contribution in [0, 0.1) is 35.0 Å². The fourth-order valence-electron chi connectivity index (χ4n) is 7.61. The topological polar surface area (TPSA) is 38.7 Å². The van der Waals surface area contributed by atoms with Crippen molar-refractivity contribution in [3.05, 3.63) is 23.3 Å². The molecule has 194 valence electrons. The lowest BCUT2D eigenvalue weighted by molar-refractivity contribution is -0.0975. The highest BCUT2D eigenvalue weighted by atomic mass is 28.4. The van der Waals surface area contributed by atoms with E-state index in [-0.39, 0.29) is 16.7 Å². The number of aliphatic hydroxyl groups is 1. The van der Waals surface area contributed by atoms with E-state index in [0.717, 1.165) is 5.92 Å². The summed E-state index contributed by atoms with van der Waals surface area (Å²) in [5, 5.41) is 11.4. The zero-order valence-electron chi connectivity index (χ0n) is 24.3. The third-order valence-corrected chi connectivity index (χ3v) is 15.6. The summed E-state index contributed by atoms with van der Waals surface area (Å²) in [7, 11) is -3.94. The van der Waals surface area contributed by atoms with Gasteiger partial charge in [-0.15, -0.1) is 0 Å². The van der Waals surface area contributed by atoms with Crippen molar-refractivity contribution in [3.63, 3.8) is 0 Å². The molecule has 0 amide bonds. The molecule has 0 spiro atoms. The summed E-state index contributed by atoms with van der Waals surface area (Å²) in [4.78, 5) is 0. The van der Waals surface area contributed by atoms with Gasteiger partial charge in [0.25, 0.3) is 0 Å². The second kappa shape index (κ2) is 7.66. The van der Waals surface area contributed by atoms with Gasteiger partial charge in [-0.1, -0.05) is 54.5 Å². The van der Waals surface area contributed by atoms with Crippen molar-refractivity contribution >= 4 is 16.6 Å². The number of fused-ring (bicyclic) bond motifs is 5. The average molecular weight is 505 g/mol. The van der Waals surface area contributed by atoms with Crippen LogP contribution in [0.3, 0.4) is 0 Å². The summed E-state index contributed by atoms with van der Waals surface area (Å²) in [5.41, 5.74) is 1.73. The molecule has 0 aromatic carbocycles. The molecule has 0 aromatic heterocycles. The molecule has 4 rings (SSSR count). The first-order valence-electron chi connectivity index (χ1n) is 13.7. The summed E-state index contributed by atoms with van der Waals surface area (Å²) in [6, 6.07) is 0. The van der Waals surface area contributed by atoms with E-state index in [9.17, 15) is 5.11 Å². The number of hydrogen-bond acceptors (Lipinski definition) is 3. The van der Waals surface area contributed by atoms with Crippen LogP contribution in [0.25, 0.3) is 0 Å². The molecule has 0 heterocycles. The summed E-state index contributed by atoms with van der Waals surface area (Å²) >= 11 is 0. The maximum Gasteiger partial charge on any atom is 0.192 e. The molecule has 8 atom stereocenters. The third kappa shape index (κ3) is 4.10. The molecule has 34 heavy (non-hydrogen) atoms. The molecular weight excluding hydrogens is 452 g/mol. The Hall–Kier alpha value is -0.206. The Kier molecular flexibility index (Phi) is 6.05. The maximum atomic E-state index is 11.2. The monoisotopic (exact) mass is 504 g/mol. The summed E-state index contributed by atoms with van der Waals surface area (Å²) in [6.07, 6.45) is 6.66. The van der Waals surface area contributed by atoms with Crippen LogP contribution in [0.2, 0.25) is 37.8 Å². The van der Waals surface area contributed by atoms with Crippen LogP contribution in [-0.2, 0) is 8.85 Å². The predicted molar refractivity (Wildman–Crippen MR) is 148 cm³/mol. The predicted octanol–water partition coefficient (Wildman–Crippen LogP) is 7.55. The van der Waals surface area contributed by atoms with E-state index < -0.39 is 22.2 Å². The fraction of sp³-hybridized carbons (Fsp3) is 0.862. The van der Waals surface area contributed by atoms with Crippen molar-refractivity contribution in [2.75, 3.05) is 0 Å². The van der Waals surface area contributed by atoms with Crippen molar-refractivity contribution < 1.29 is 14.0 Å². The molecule has 2 saturated carbocycles. The van der Waals surface area contributed by atoms with Crippen molar-refractivity contribution in [1.82, 2.24) is 0 Å². The second-order valence-electron chi connectivity index (χ2n) is 15.6. The quantitative estimate of drug-likeness (QED) is 0.402. The molecule has 0 unspecified atom stereocenters. The standard InChI is InChI=1S/C29H52O3Si2/c1-18-14-20-16-28(8,30)17-22(20)29(32-33(9,10)11)19(2)15-21-23(27(21,6)7)24(29)25(18)31-34(12,13)26(3,4)5/h14,17-19,21,23-25,30H,15-16H2,1-13H3/t18-,19-,21-,23-,24-,25-,28+,29+/m1/s1.